The van der Waals surface area contributed by atoms with E-state index in [4.69, 9.17) is 44.6 Å². The summed E-state index contributed by atoms with van der Waals surface area (Å²) in [6.07, 6.45) is -0.0614. The highest BCUT2D eigenvalue weighted by Crippen LogP contribution is 2.45. The van der Waals surface area contributed by atoms with Crippen LogP contribution in [0.5, 0.6) is 0 Å². The number of anilines is 1. The molecule has 0 saturated heterocycles. The van der Waals surface area contributed by atoms with Crippen molar-refractivity contribution >= 4 is 33.0 Å². The highest BCUT2D eigenvalue weighted by atomic mass is 31.2. The van der Waals surface area contributed by atoms with E-state index < -0.39 is 40.1 Å². The van der Waals surface area contributed by atoms with Crippen molar-refractivity contribution < 1.29 is 38.8 Å². The molecule has 0 amide bonds. The summed E-state index contributed by atoms with van der Waals surface area (Å²) in [4.78, 5) is 75.9. The topological polar surface area (TPSA) is 229 Å². The third-order valence-corrected chi connectivity index (χ3v) is 4.24. The van der Waals surface area contributed by atoms with E-state index in [-0.39, 0.29) is 36.9 Å². The second-order valence-electron chi connectivity index (χ2n) is 5.77. The van der Waals surface area contributed by atoms with E-state index in [1.54, 1.807) is 0 Å². The Morgan fingerprint density at radius 1 is 1.11 bits per heavy atom. The van der Waals surface area contributed by atoms with Gasteiger partial charge in [0.15, 0.2) is 11.2 Å². The summed E-state index contributed by atoms with van der Waals surface area (Å²) >= 11 is 0. The van der Waals surface area contributed by atoms with Crippen LogP contribution in [0.4, 0.5) is 5.95 Å². The van der Waals surface area contributed by atoms with Gasteiger partial charge in [-0.05, 0) is 0 Å². The van der Waals surface area contributed by atoms with Crippen LogP contribution in [-0.2, 0) is 16.0 Å². The molecule has 27 heavy (non-hydrogen) atoms. The molecular weight excluding hydrogens is 408 g/mol. The number of nitrogens with one attached hydrogen (secondary N) is 1. The van der Waals surface area contributed by atoms with Gasteiger partial charge in [0, 0.05) is 12.5 Å². The van der Waals surface area contributed by atoms with Crippen LogP contribution >= 0.6 is 15.9 Å². The van der Waals surface area contributed by atoms with Gasteiger partial charge in [-0.25, -0.2) is 4.98 Å². The van der Waals surface area contributed by atoms with E-state index in [1.807, 2.05) is 0 Å². The summed E-state index contributed by atoms with van der Waals surface area (Å²) in [6.45, 7) is -0.140. The molecule has 0 aliphatic heterocycles. The molecule has 16 heteroatoms. The Balaban J connectivity index is 2.11. The zero-order chi connectivity index (χ0) is 20.2. The van der Waals surface area contributed by atoms with Gasteiger partial charge in [-0.15, -0.1) is 0 Å². The van der Waals surface area contributed by atoms with Crippen LogP contribution < -0.4 is 11.3 Å². The van der Waals surface area contributed by atoms with Crippen LogP contribution in [0.15, 0.2) is 11.1 Å². The molecule has 0 spiro atoms. The van der Waals surface area contributed by atoms with Crippen molar-refractivity contribution in [2.45, 2.75) is 6.54 Å². The Labute approximate surface area is 153 Å². The molecule has 0 aromatic carbocycles. The monoisotopic (exact) mass is 429 g/mol. The molecule has 0 atom stereocenters. The number of H-pyrrole nitrogens is 1. The fourth-order valence-electron chi connectivity index (χ4n) is 2.22. The first-order valence-electron chi connectivity index (χ1n) is 7.43. The van der Waals surface area contributed by atoms with E-state index >= 15 is 0 Å². The average molecular weight is 429 g/mol. The number of rotatable bonds is 10. The van der Waals surface area contributed by atoms with Gasteiger partial charge >= 0.3 is 15.9 Å². The first kappa shape index (κ1) is 22.0. The predicted octanol–water partition coefficient (Wildman–Crippen LogP) is -2.25. The number of hydrogen-bond acceptors (Lipinski definition) is 12. The number of hydrogen-bond donors (Lipinski definition) is 8. The Kier molecular flexibility index (Phi) is 7.16. The minimum absolute atomic E-state index is 0.0572. The van der Waals surface area contributed by atoms with Gasteiger partial charge in [0.1, 0.15) is 0 Å². The molecule has 0 aliphatic carbocycles. The molecule has 0 unspecified atom stereocenters. The van der Waals surface area contributed by atoms with E-state index in [0.717, 1.165) is 0 Å². The second kappa shape index (κ2) is 8.80. The molecule has 0 aliphatic rings. The van der Waals surface area contributed by atoms with Gasteiger partial charge < -0.3 is 19.8 Å². The molecule has 152 valence electrons. The minimum Gasteiger partial charge on any atom is -0.369 e. The molecular formula is C11H21N5O9P2+2. The normalized spacial score (nSPS) is 13.0. The fraction of sp³-hybridized carbons (Fsp3) is 0.545. The maximum Gasteiger partial charge on any atom is 0.431 e. The maximum atomic E-state index is 11.8. The van der Waals surface area contributed by atoms with E-state index in [2.05, 4.69) is 15.0 Å². The number of nitrogens with zero attached hydrogens (tertiary/aromatic N) is 3. The summed E-state index contributed by atoms with van der Waals surface area (Å²) in [5.41, 5.74) is 5.26. The molecule has 0 saturated carbocycles. The lowest BCUT2D eigenvalue weighted by Gasteiger charge is -2.18. The summed E-state index contributed by atoms with van der Waals surface area (Å²) in [7, 11) is -8.24. The average Bonchev–Trinajstić information content (AvgIpc) is 2.87. The van der Waals surface area contributed by atoms with Gasteiger partial charge in [0.25, 0.3) is 5.56 Å². The zero-order valence-electron chi connectivity index (χ0n) is 13.9. The summed E-state index contributed by atoms with van der Waals surface area (Å²) in [5.74, 6) is -0.632. The largest absolute Gasteiger partial charge is 0.431 e. The van der Waals surface area contributed by atoms with Gasteiger partial charge in [0.2, 0.25) is 18.6 Å². The van der Waals surface area contributed by atoms with Crippen molar-refractivity contribution in [2.24, 2.45) is 5.92 Å². The van der Waals surface area contributed by atoms with Crippen LogP contribution in [0, 0.1) is 5.92 Å². The molecule has 2 rings (SSSR count). The van der Waals surface area contributed by atoms with Crippen LogP contribution in [0.25, 0.3) is 11.2 Å². The van der Waals surface area contributed by atoms with E-state index in [0.29, 0.717) is 0 Å². The van der Waals surface area contributed by atoms with Crippen molar-refractivity contribution in [3.8, 4) is 0 Å². The number of nitrogens with two attached hydrogens (primary N) is 1. The highest BCUT2D eigenvalue weighted by molar-refractivity contribution is 7.58. The van der Waals surface area contributed by atoms with Crippen LogP contribution in [0.1, 0.15) is 0 Å². The Morgan fingerprint density at radius 3 is 2.19 bits per heavy atom. The van der Waals surface area contributed by atoms with Gasteiger partial charge in [-0.2, -0.15) is 34.3 Å². The number of fused-ring (bicyclic) bond motifs is 1. The van der Waals surface area contributed by atoms with Gasteiger partial charge in [0.05, 0.1) is 19.5 Å². The lowest BCUT2D eigenvalue weighted by atomic mass is 10.2. The lowest BCUT2D eigenvalue weighted by Crippen LogP contribution is -2.23. The molecule has 0 radical (unpaired) electrons. The lowest BCUT2D eigenvalue weighted by molar-refractivity contribution is 0.0487. The number of aromatic nitrogens is 4. The number of nitrogen functional groups attached to an aromatic ring is 1. The van der Waals surface area contributed by atoms with E-state index in [9.17, 15) is 4.79 Å². The number of aromatic amines is 1. The SMILES string of the molecule is Nc1nc2c(ncn2CC(COC[P+](O)(O)O)COC[P+](O)(O)O)c(=O)[nH]1. The molecule has 9 N–H and O–H groups in total. The van der Waals surface area contributed by atoms with Crippen LogP contribution in [0.3, 0.4) is 0 Å². The van der Waals surface area contributed by atoms with Gasteiger partial charge in [-0.3, -0.25) is 9.78 Å². The van der Waals surface area contributed by atoms with Crippen molar-refractivity contribution in [2.75, 3.05) is 31.6 Å². The molecule has 0 fully saturated rings. The van der Waals surface area contributed by atoms with Crippen molar-refractivity contribution in [1.29, 1.82) is 0 Å². The summed E-state index contributed by atoms with van der Waals surface area (Å²) in [6, 6.07) is 0. The van der Waals surface area contributed by atoms with Crippen molar-refractivity contribution in [3.05, 3.63) is 16.7 Å². The van der Waals surface area contributed by atoms with Crippen molar-refractivity contribution in [1.82, 2.24) is 19.5 Å². The van der Waals surface area contributed by atoms with Crippen LogP contribution in [-0.4, -0.2) is 74.8 Å². The molecule has 0 bridgehead atoms. The zero-order valence-corrected chi connectivity index (χ0v) is 15.7. The van der Waals surface area contributed by atoms with E-state index in [1.165, 1.54) is 10.9 Å². The van der Waals surface area contributed by atoms with Crippen molar-refractivity contribution in [3.63, 3.8) is 0 Å². The number of imidazole rings is 1. The third kappa shape index (κ3) is 7.31. The molecule has 2 aromatic rings. The second-order valence-corrected chi connectivity index (χ2v) is 9.06. The first-order valence-corrected chi connectivity index (χ1v) is 11.1. The Bertz CT molecular complexity index is 795. The Morgan fingerprint density at radius 2 is 1.67 bits per heavy atom. The summed E-state index contributed by atoms with van der Waals surface area (Å²) in [5, 5.41) is 0. The standard InChI is InChI=1S/C11H20N5O9P2/c12-11-14-9-8(10(17)15-11)13-4-16(9)1-7(2-24-5-26(18,19)20)3-25-6-27(21,22)23/h4,7,18-23H,1-3,5-6H2,(H2-,12,14,15,17)/q+1/p+1. The maximum absolute atomic E-state index is 11.8. The quantitative estimate of drug-likeness (QED) is 0.187. The highest BCUT2D eigenvalue weighted by Gasteiger charge is 2.32. The molecule has 2 heterocycles. The predicted molar refractivity (Wildman–Crippen MR) is 94.8 cm³/mol. The molecule has 14 nitrogen and oxygen atoms in total. The summed E-state index contributed by atoms with van der Waals surface area (Å²) < 4.78 is 11.6. The first-order chi connectivity index (χ1) is 12.4. The fourth-order valence-corrected chi connectivity index (χ4v) is 2.92. The third-order valence-electron chi connectivity index (χ3n) is 3.18. The minimum atomic E-state index is -4.12. The van der Waals surface area contributed by atoms with Gasteiger partial charge in [-0.1, -0.05) is 0 Å². The van der Waals surface area contributed by atoms with Crippen LogP contribution in [0.2, 0.25) is 0 Å². The Hall–Kier alpha value is -1.31. The molecule has 2 aromatic heterocycles. The number of ether oxygens (including phenoxy) is 2. The smallest absolute Gasteiger partial charge is 0.369 e.